The summed E-state index contributed by atoms with van der Waals surface area (Å²) in [4.78, 5) is 22.5. The van der Waals surface area contributed by atoms with Crippen LogP contribution in [0.2, 0.25) is 0 Å². The van der Waals surface area contributed by atoms with Crippen molar-refractivity contribution in [1.82, 2.24) is 0 Å². The molecule has 1 unspecified atom stereocenters. The van der Waals surface area contributed by atoms with Gasteiger partial charge < -0.3 is 4.74 Å². The lowest BCUT2D eigenvalue weighted by molar-refractivity contribution is -0.164. The molecule has 4 nitrogen and oxygen atoms in total. The molecule has 0 bridgehead atoms. The molecule has 0 aliphatic carbocycles. The monoisotopic (exact) mass is 314 g/mol. The molecule has 1 aliphatic heterocycles. The highest BCUT2D eigenvalue weighted by atomic mass is 17.4. The molecular formula is C18H34O4. The van der Waals surface area contributed by atoms with Crippen LogP contribution in [-0.4, -0.2) is 17.4 Å². The van der Waals surface area contributed by atoms with Gasteiger partial charge in [0.15, 0.2) is 0 Å². The normalized spacial score (nSPS) is 18.9. The molecule has 22 heavy (non-hydrogen) atoms. The number of hydrogen-bond acceptors (Lipinski definition) is 4. The van der Waals surface area contributed by atoms with E-state index in [1.54, 1.807) is 0 Å². The number of unbranched alkanes of at least 4 members (excludes halogenated alkanes) is 1. The maximum atomic E-state index is 12.6. The van der Waals surface area contributed by atoms with Gasteiger partial charge in [0.05, 0.1) is 5.92 Å². The van der Waals surface area contributed by atoms with E-state index < -0.39 is 11.4 Å². The van der Waals surface area contributed by atoms with E-state index in [0.717, 1.165) is 38.5 Å². The predicted molar refractivity (Wildman–Crippen MR) is 87.1 cm³/mol. The highest BCUT2D eigenvalue weighted by molar-refractivity contribution is 5.72. The zero-order valence-electron chi connectivity index (χ0n) is 15.5. The van der Waals surface area contributed by atoms with Crippen LogP contribution < -0.4 is 0 Å². The first-order valence-electron chi connectivity index (χ1n) is 8.56. The third-order valence-electron chi connectivity index (χ3n) is 3.89. The van der Waals surface area contributed by atoms with E-state index >= 15 is 0 Å². The quantitative estimate of drug-likeness (QED) is 0.341. The minimum Gasteiger partial charge on any atom is -0.459 e. The van der Waals surface area contributed by atoms with Crippen molar-refractivity contribution in [1.29, 1.82) is 0 Å². The fourth-order valence-electron chi connectivity index (χ4n) is 3.09. The molecule has 0 N–H and O–H groups in total. The van der Waals surface area contributed by atoms with E-state index in [1.165, 1.54) is 0 Å². The Bertz CT molecular complexity index is 364. The fraction of sp³-hybridized carbons (Fsp3) is 0.944. The van der Waals surface area contributed by atoms with Crippen molar-refractivity contribution in [3.05, 3.63) is 0 Å². The van der Waals surface area contributed by atoms with Crippen molar-refractivity contribution in [2.24, 2.45) is 11.3 Å². The van der Waals surface area contributed by atoms with E-state index in [4.69, 9.17) is 14.5 Å². The van der Waals surface area contributed by atoms with Crippen molar-refractivity contribution >= 4 is 5.97 Å². The average molecular weight is 314 g/mol. The molecule has 0 radical (unpaired) electrons. The van der Waals surface area contributed by atoms with Crippen LogP contribution in [0.25, 0.3) is 0 Å². The summed E-state index contributed by atoms with van der Waals surface area (Å²) in [5.74, 6) is -0.623. The van der Waals surface area contributed by atoms with Crippen LogP contribution >= 0.6 is 0 Å². The summed E-state index contributed by atoms with van der Waals surface area (Å²) in [6.45, 7) is 14.5. The molecule has 0 aromatic heterocycles. The molecule has 1 heterocycles. The van der Waals surface area contributed by atoms with Crippen LogP contribution in [0.15, 0.2) is 0 Å². The summed E-state index contributed by atoms with van der Waals surface area (Å²) in [5.41, 5.74) is -0.303. The van der Waals surface area contributed by atoms with Crippen LogP contribution in [0.1, 0.15) is 87.0 Å². The molecule has 1 aliphatic rings. The van der Waals surface area contributed by atoms with Gasteiger partial charge in [-0.2, -0.15) is 9.78 Å². The Labute approximate surface area is 135 Å². The first-order valence-corrected chi connectivity index (χ1v) is 8.56. The number of hydrogen-bond donors (Lipinski definition) is 0. The van der Waals surface area contributed by atoms with E-state index in [1.807, 2.05) is 20.8 Å². The Kier molecular flexibility index (Phi) is 6.46. The van der Waals surface area contributed by atoms with E-state index in [0.29, 0.717) is 0 Å². The summed E-state index contributed by atoms with van der Waals surface area (Å²) >= 11 is 0. The Morgan fingerprint density at radius 2 is 1.73 bits per heavy atom. The Balaban J connectivity index is 2.57. The van der Waals surface area contributed by atoms with E-state index in [2.05, 4.69) is 27.7 Å². The van der Waals surface area contributed by atoms with Gasteiger partial charge in [-0.25, -0.2) is 0 Å². The second-order valence-electron chi connectivity index (χ2n) is 8.60. The Hall–Kier alpha value is -0.610. The largest absolute Gasteiger partial charge is 0.459 e. The summed E-state index contributed by atoms with van der Waals surface area (Å²) in [6, 6.07) is 0. The lowest BCUT2D eigenvalue weighted by atomic mass is 9.83. The van der Waals surface area contributed by atoms with Crippen molar-refractivity contribution in [2.45, 2.75) is 98.4 Å². The summed E-state index contributed by atoms with van der Waals surface area (Å²) < 4.78 is 5.84. The summed E-state index contributed by atoms with van der Waals surface area (Å²) in [5, 5.41) is 0. The van der Waals surface area contributed by atoms with Gasteiger partial charge in [-0.05, 0) is 45.4 Å². The predicted octanol–water partition coefficient (Wildman–Crippen LogP) is 5.01. The molecule has 1 fully saturated rings. The minimum absolute atomic E-state index is 0.0659. The zero-order chi connectivity index (χ0) is 17.0. The highest BCUT2D eigenvalue weighted by Crippen LogP contribution is 2.36. The SMILES string of the molecule is CCCCC(CCC1(C)OO1)C(=O)OC(C)(C)CC(C)(C)C. The molecule has 0 amide bonds. The third-order valence-corrected chi connectivity index (χ3v) is 3.89. The van der Waals surface area contributed by atoms with Crippen LogP contribution in [0.4, 0.5) is 0 Å². The first-order chi connectivity index (χ1) is 9.96. The molecule has 0 saturated carbocycles. The topological polar surface area (TPSA) is 51.4 Å². The van der Waals surface area contributed by atoms with Crippen molar-refractivity contribution in [3.8, 4) is 0 Å². The van der Waals surface area contributed by atoms with E-state index in [-0.39, 0.29) is 17.3 Å². The molecule has 4 heteroatoms. The standard InChI is InChI=1S/C18H34O4/c1-8-9-10-14(11-12-18(7)21-22-18)15(19)20-17(5,6)13-16(2,3)4/h14H,8-13H2,1-7H3. The molecule has 0 aromatic rings. The number of ether oxygens (including phenoxy) is 1. The average Bonchev–Trinajstić information content (AvgIpc) is 3.03. The van der Waals surface area contributed by atoms with Gasteiger partial charge in [0.2, 0.25) is 5.79 Å². The van der Waals surface area contributed by atoms with E-state index in [9.17, 15) is 4.79 Å². The second kappa shape index (κ2) is 7.31. The molecule has 1 atom stereocenters. The molecule has 130 valence electrons. The van der Waals surface area contributed by atoms with Crippen molar-refractivity contribution in [3.63, 3.8) is 0 Å². The number of rotatable bonds is 9. The van der Waals surface area contributed by atoms with Gasteiger partial charge in [0, 0.05) is 6.42 Å². The Morgan fingerprint density at radius 3 is 2.18 bits per heavy atom. The molecule has 0 spiro atoms. The van der Waals surface area contributed by atoms with Gasteiger partial charge in [-0.3, -0.25) is 4.79 Å². The first kappa shape index (κ1) is 19.4. The third kappa shape index (κ3) is 7.59. The van der Waals surface area contributed by atoms with Crippen molar-refractivity contribution < 1.29 is 19.3 Å². The van der Waals surface area contributed by atoms with Gasteiger partial charge in [0.1, 0.15) is 5.60 Å². The number of carbonyl (C=O) groups excluding carboxylic acids is 1. The highest BCUT2D eigenvalue weighted by Gasteiger charge is 2.44. The minimum atomic E-state index is -0.480. The van der Waals surface area contributed by atoms with Crippen LogP contribution in [-0.2, 0) is 19.3 Å². The maximum Gasteiger partial charge on any atom is 0.309 e. The van der Waals surface area contributed by atoms with Crippen LogP contribution in [0.5, 0.6) is 0 Å². The molecule has 1 rings (SSSR count). The number of carbonyl (C=O) groups is 1. The summed E-state index contributed by atoms with van der Waals surface area (Å²) in [7, 11) is 0. The van der Waals surface area contributed by atoms with Crippen molar-refractivity contribution in [2.75, 3.05) is 0 Å². The lowest BCUT2D eigenvalue weighted by Gasteiger charge is -2.33. The smallest absolute Gasteiger partial charge is 0.309 e. The second-order valence-corrected chi connectivity index (χ2v) is 8.60. The molecule has 1 saturated heterocycles. The van der Waals surface area contributed by atoms with Crippen LogP contribution in [0, 0.1) is 11.3 Å². The van der Waals surface area contributed by atoms with Gasteiger partial charge in [-0.15, -0.1) is 0 Å². The number of esters is 1. The summed E-state index contributed by atoms with van der Waals surface area (Å²) in [6.07, 6.45) is 5.32. The lowest BCUT2D eigenvalue weighted by Crippen LogP contribution is -2.35. The zero-order valence-corrected chi connectivity index (χ0v) is 15.5. The van der Waals surface area contributed by atoms with Gasteiger partial charge in [0.25, 0.3) is 0 Å². The van der Waals surface area contributed by atoms with Gasteiger partial charge >= 0.3 is 5.97 Å². The van der Waals surface area contributed by atoms with Gasteiger partial charge in [-0.1, -0.05) is 40.5 Å². The fourth-order valence-corrected chi connectivity index (χ4v) is 3.09. The molecular weight excluding hydrogens is 280 g/mol. The maximum absolute atomic E-state index is 12.6. The molecule has 0 aromatic carbocycles. The van der Waals surface area contributed by atoms with Crippen LogP contribution in [0.3, 0.4) is 0 Å². The Morgan fingerprint density at radius 1 is 1.14 bits per heavy atom.